The van der Waals surface area contributed by atoms with Crippen LogP contribution in [0.2, 0.25) is 0 Å². The lowest BCUT2D eigenvalue weighted by Crippen LogP contribution is -1.92. The van der Waals surface area contributed by atoms with Crippen molar-refractivity contribution in [2.45, 2.75) is 33.1 Å². The predicted molar refractivity (Wildman–Crippen MR) is 54.3 cm³/mol. The van der Waals surface area contributed by atoms with Crippen molar-refractivity contribution < 1.29 is 4.74 Å². The molecule has 0 fully saturated rings. The quantitative estimate of drug-likeness (QED) is 0.628. The Morgan fingerprint density at radius 1 is 1.33 bits per heavy atom. The zero-order chi connectivity index (χ0) is 9.23. The molecule has 0 atom stereocenters. The summed E-state index contributed by atoms with van der Waals surface area (Å²) >= 11 is 0. The number of allylic oxidation sites excluding steroid dienone is 3. The first-order valence-corrected chi connectivity index (χ1v) is 4.78. The van der Waals surface area contributed by atoms with Gasteiger partial charge in [-0.3, -0.25) is 0 Å². The highest BCUT2D eigenvalue weighted by atomic mass is 16.5. The maximum absolute atomic E-state index is 4.97. The van der Waals surface area contributed by atoms with E-state index in [1.807, 2.05) is 13.8 Å². The lowest BCUT2D eigenvalue weighted by Gasteiger charge is -2.04. The summed E-state index contributed by atoms with van der Waals surface area (Å²) in [5, 5.41) is 0. The molecule has 1 rings (SSSR count). The van der Waals surface area contributed by atoms with Crippen LogP contribution in [0.3, 0.4) is 0 Å². The summed E-state index contributed by atoms with van der Waals surface area (Å²) in [5.41, 5.74) is 1.42. The second-order valence-electron chi connectivity index (χ2n) is 2.50. The van der Waals surface area contributed by atoms with Gasteiger partial charge >= 0.3 is 0 Å². The monoisotopic (exact) mass is 168 g/mol. The van der Waals surface area contributed by atoms with Gasteiger partial charge in [-0.15, -0.1) is 0 Å². The molecule has 1 heteroatoms. The van der Waals surface area contributed by atoms with Crippen LogP contribution in [0.25, 0.3) is 0 Å². The van der Waals surface area contributed by atoms with Crippen LogP contribution >= 0.6 is 0 Å². The molecule has 0 amide bonds. The molecule has 1 nitrogen and oxygen atoms in total. The topological polar surface area (TPSA) is 9.23 Å². The Kier molecular flexibility index (Phi) is 8.14. The zero-order valence-electron chi connectivity index (χ0n) is 8.47. The first kappa shape index (κ1) is 11.4. The van der Waals surface area contributed by atoms with E-state index in [0.717, 1.165) is 13.0 Å². The van der Waals surface area contributed by atoms with E-state index in [-0.39, 0.29) is 0 Å². The third kappa shape index (κ3) is 5.14. The molecular formula is C11H20O. The molecule has 0 bridgehead atoms. The summed E-state index contributed by atoms with van der Waals surface area (Å²) in [4.78, 5) is 0. The maximum Gasteiger partial charge on any atom is 0.0502 e. The van der Waals surface area contributed by atoms with Crippen molar-refractivity contribution in [2.24, 2.45) is 0 Å². The molecule has 0 aromatic heterocycles. The predicted octanol–water partition coefficient (Wildman–Crippen LogP) is 3.33. The number of hydrogen-bond acceptors (Lipinski definition) is 1. The van der Waals surface area contributed by atoms with E-state index >= 15 is 0 Å². The van der Waals surface area contributed by atoms with E-state index in [9.17, 15) is 0 Å². The minimum atomic E-state index is 0.843. The van der Waals surface area contributed by atoms with Crippen molar-refractivity contribution in [2.75, 3.05) is 13.7 Å². The second-order valence-corrected chi connectivity index (χ2v) is 2.50. The van der Waals surface area contributed by atoms with Crippen LogP contribution in [0.4, 0.5) is 0 Å². The fourth-order valence-corrected chi connectivity index (χ4v) is 1.07. The zero-order valence-corrected chi connectivity index (χ0v) is 8.47. The van der Waals surface area contributed by atoms with Crippen molar-refractivity contribution in [3.05, 3.63) is 23.8 Å². The van der Waals surface area contributed by atoms with E-state index in [4.69, 9.17) is 4.74 Å². The first-order valence-electron chi connectivity index (χ1n) is 4.78. The number of methoxy groups -OCH3 is 1. The third-order valence-electron chi connectivity index (χ3n) is 1.67. The molecule has 0 unspecified atom stereocenters. The smallest absolute Gasteiger partial charge is 0.0502 e. The molecule has 12 heavy (non-hydrogen) atoms. The average molecular weight is 168 g/mol. The first-order chi connectivity index (χ1) is 5.93. The second kappa shape index (κ2) is 8.54. The van der Waals surface area contributed by atoms with Crippen LogP contribution < -0.4 is 0 Å². The van der Waals surface area contributed by atoms with Gasteiger partial charge in [0.25, 0.3) is 0 Å². The molecule has 0 aromatic carbocycles. The molecule has 0 heterocycles. The summed E-state index contributed by atoms with van der Waals surface area (Å²) in [6, 6.07) is 0. The van der Waals surface area contributed by atoms with Gasteiger partial charge in [0.2, 0.25) is 0 Å². The van der Waals surface area contributed by atoms with E-state index in [0.29, 0.717) is 0 Å². The fraction of sp³-hybridized carbons (Fsp3) is 0.636. The number of rotatable bonds is 3. The summed E-state index contributed by atoms with van der Waals surface area (Å²) in [6.45, 7) is 4.84. The number of hydrogen-bond donors (Lipinski definition) is 0. The van der Waals surface area contributed by atoms with Gasteiger partial charge in [-0.25, -0.2) is 0 Å². The van der Waals surface area contributed by atoms with Crippen molar-refractivity contribution in [1.82, 2.24) is 0 Å². The van der Waals surface area contributed by atoms with Gasteiger partial charge in [0.15, 0.2) is 0 Å². The third-order valence-corrected chi connectivity index (χ3v) is 1.67. The van der Waals surface area contributed by atoms with Crippen molar-refractivity contribution in [1.29, 1.82) is 0 Å². The molecule has 1 aliphatic carbocycles. The molecule has 0 saturated carbocycles. The molecule has 0 aromatic rings. The van der Waals surface area contributed by atoms with Gasteiger partial charge in [-0.2, -0.15) is 0 Å². The Morgan fingerprint density at radius 3 is 2.58 bits per heavy atom. The minimum Gasteiger partial charge on any atom is -0.384 e. The summed E-state index contributed by atoms with van der Waals surface area (Å²) in [6.07, 6.45) is 10.2. The Morgan fingerprint density at radius 2 is 2.08 bits per heavy atom. The fourth-order valence-electron chi connectivity index (χ4n) is 1.07. The van der Waals surface area contributed by atoms with Crippen LogP contribution in [0.15, 0.2) is 23.8 Å². The van der Waals surface area contributed by atoms with Crippen LogP contribution in [0.1, 0.15) is 33.1 Å². The molecule has 0 saturated heterocycles. The summed E-state index contributed by atoms with van der Waals surface area (Å²) in [7, 11) is 1.74. The van der Waals surface area contributed by atoms with Gasteiger partial charge in [-0.05, 0) is 19.3 Å². The van der Waals surface area contributed by atoms with E-state index in [1.54, 1.807) is 7.11 Å². The largest absolute Gasteiger partial charge is 0.384 e. The molecule has 1 aliphatic rings. The lowest BCUT2D eigenvalue weighted by molar-refractivity contribution is 0.202. The van der Waals surface area contributed by atoms with Crippen molar-refractivity contribution in [3.63, 3.8) is 0 Å². The van der Waals surface area contributed by atoms with Gasteiger partial charge < -0.3 is 4.74 Å². The number of ether oxygens (including phenoxy) is 1. The normalized spacial score (nSPS) is 14.8. The highest BCUT2D eigenvalue weighted by Crippen LogP contribution is 2.12. The highest BCUT2D eigenvalue weighted by molar-refractivity contribution is 5.21. The standard InChI is InChI=1S/C9H14O.C2H6/c1-10-8-7-9-5-3-2-4-6-9;1-2/h3,5-6H,2,4,7-8H2,1H3;1-2H3. The van der Waals surface area contributed by atoms with Gasteiger partial charge in [0.1, 0.15) is 0 Å². The Hall–Kier alpha value is -0.560. The van der Waals surface area contributed by atoms with Crippen LogP contribution in [-0.4, -0.2) is 13.7 Å². The van der Waals surface area contributed by atoms with Crippen LogP contribution in [0, 0.1) is 0 Å². The van der Waals surface area contributed by atoms with E-state index in [1.165, 1.54) is 18.4 Å². The SMILES string of the molecule is CC.COCCC1=CCCC=C1. The minimum absolute atomic E-state index is 0.843. The van der Waals surface area contributed by atoms with Gasteiger partial charge in [-0.1, -0.05) is 37.6 Å². The lowest BCUT2D eigenvalue weighted by atomic mass is 10.1. The molecular weight excluding hydrogens is 148 g/mol. The van der Waals surface area contributed by atoms with E-state index in [2.05, 4.69) is 18.2 Å². The van der Waals surface area contributed by atoms with Crippen molar-refractivity contribution >= 4 is 0 Å². The molecule has 0 spiro atoms. The molecule has 0 aliphatic heterocycles. The van der Waals surface area contributed by atoms with Gasteiger partial charge in [0.05, 0.1) is 6.61 Å². The maximum atomic E-state index is 4.97. The average Bonchev–Trinajstić information content (AvgIpc) is 2.19. The van der Waals surface area contributed by atoms with E-state index < -0.39 is 0 Å². The Bertz CT molecular complexity index is 145. The Labute approximate surface area is 76.1 Å². The van der Waals surface area contributed by atoms with Crippen LogP contribution in [0.5, 0.6) is 0 Å². The Balaban J connectivity index is 0.000000561. The van der Waals surface area contributed by atoms with Crippen LogP contribution in [-0.2, 0) is 4.74 Å². The molecule has 0 radical (unpaired) electrons. The van der Waals surface area contributed by atoms with Crippen molar-refractivity contribution in [3.8, 4) is 0 Å². The summed E-state index contributed by atoms with van der Waals surface area (Å²) < 4.78 is 4.97. The molecule has 70 valence electrons. The van der Waals surface area contributed by atoms with Gasteiger partial charge in [0, 0.05) is 7.11 Å². The summed E-state index contributed by atoms with van der Waals surface area (Å²) in [5.74, 6) is 0. The molecule has 0 N–H and O–H groups in total. The highest BCUT2D eigenvalue weighted by Gasteiger charge is 1.95.